The van der Waals surface area contributed by atoms with Crippen molar-refractivity contribution in [2.45, 2.75) is 19.4 Å². The van der Waals surface area contributed by atoms with Crippen LogP contribution in [0, 0.1) is 0 Å². The Labute approximate surface area is 71.7 Å². The monoisotopic (exact) mass is 177 g/mol. The Kier molecular flexibility index (Phi) is 4.52. The first-order valence-electron chi connectivity index (χ1n) is 3.49. The highest BCUT2D eigenvalue weighted by Gasteiger charge is 2.28. The Morgan fingerprint density at radius 3 is 2.64 bits per heavy atom. The van der Waals surface area contributed by atoms with Gasteiger partial charge in [0.1, 0.15) is 5.54 Å². The summed E-state index contributed by atoms with van der Waals surface area (Å²) in [7, 11) is 1.35. The zero-order valence-electron chi connectivity index (χ0n) is 7.22. The summed E-state index contributed by atoms with van der Waals surface area (Å²) in [5.74, 6) is 1.22. The Morgan fingerprint density at radius 2 is 2.27 bits per heavy atom. The van der Waals surface area contributed by atoms with Crippen LogP contribution >= 0.6 is 11.8 Å². The van der Waals surface area contributed by atoms with Crippen LogP contribution in [0.1, 0.15) is 13.8 Å². The van der Waals surface area contributed by atoms with Gasteiger partial charge in [-0.2, -0.15) is 11.8 Å². The highest BCUT2D eigenvalue weighted by atomic mass is 32.2. The number of hydrogen-bond acceptors (Lipinski definition) is 4. The Morgan fingerprint density at radius 1 is 1.73 bits per heavy atom. The lowest BCUT2D eigenvalue weighted by Crippen LogP contribution is -2.48. The van der Waals surface area contributed by atoms with Gasteiger partial charge < -0.3 is 10.5 Å². The van der Waals surface area contributed by atoms with Crippen LogP contribution in [0.25, 0.3) is 0 Å². The van der Waals surface area contributed by atoms with Crippen LogP contribution in [0.2, 0.25) is 0 Å². The third-order valence-electron chi connectivity index (χ3n) is 1.26. The van der Waals surface area contributed by atoms with Crippen molar-refractivity contribution in [2.75, 3.05) is 18.6 Å². The number of nitrogens with two attached hydrogens (primary N) is 1. The fourth-order valence-corrected chi connectivity index (χ4v) is 1.35. The van der Waals surface area contributed by atoms with Crippen LogP contribution < -0.4 is 5.73 Å². The van der Waals surface area contributed by atoms with Gasteiger partial charge in [-0.1, -0.05) is 6.92 Å². The summed E-state index contributed by atoms with van der Waals surface area (Å²) in [6.45, 7) is 3.71. The lowest BCUT2D eigenvalue weighted by Gasteiger charge is -2.20. The second-order valence-electron chi connectivity index (χ2n) is 2.55. The van der Waals surface area contributed by atoms with E-state index in [4.69, 9.17) is 5.73 Å². The number of thioether (sulfide) groups is 1. The van der Waals surface area contributed by atoms with Gasteiger partial charge in [0.05, 0.1) is 7.11 Å². The maximum absolute atomic E-state index is 11.0. The molecule has 0 aliphatic rings. The number of methoxy groups -OCH3 is 1. The van der Waals surface area contributed by atoms with E-state index in [0.717, 1.165) is 5.75 Å². The minimum absolute atomic E-state index is 0.349. The van der Waals surface area contributed by atoms with Crippen molar-refractivity contribution < 1.29 is 9.53 Å². The maximum atomic E-state index is 11.0. The summed E-state index contributed by atoms with van der Waals surface area (Å²) in [6.07, 6.45) is 0. The molecule has 0 saturated carbocycles. The highest BCUT2D eigenvalue weighted by Crippen LogP contribution is 2.11. The molecule has 1 unspecified atom stereocenters. The van der Waals surface area contributed by atoms with E-state index in [-0.39, 0.29) is 5.97 Å². The Balaban J connectivity index is 3.88. The molecule has 4 heteroatoms. The zero-order valence-corrected chi connectivity index (χ0v) is 8.03. The van der Waals surface area contributed by atoms with Crippen molar-refractivity contribution in [3.63, 3.8) is 0 Å². The lowest BCUT2D eigenvalue weighted by atomic mass is 10.1. The number of hydrogen-bond donors (Lipinski definition) is 1. The molecule has 0 fully saturated rings. The summed E-state index contributed by atoms with van der Waals surface area (Å²) < 4.78 is 4.53. The first-order chi connectivity index (χ1) is 5.04. The normalized spacial score (nSPS) is 15.6. The molecule has 0 amide bonds. The first kappa shape index (κ1) is 10.8. The summed E-state index contributed by atoms with van der Waals surface area (Å²) in [5.41, 5.74) is 4.82. The van der Waals surface area contributed by atoms with Crippen LogP contribution in [-0.4, -0.2) is 30.1 Å². The molecule has 0 heterocycles. The van der Waals surface area contributed by atoms with Crippen molar-refractivity contribution in [1.29, 1.82) is 0 Å². The molecular formula is C7H15NO2S. The largest absolute Gasteiger partial charge is 0.468 e. The summed E-state index contributed by atoms with van der Waals surface area (Å²) >= 11 is 1.63. The average molecular weight is 177 g/mol. The molecular weight excluding hydrogens is 162 g/mol. The van der Waals surface area contributed by atoms with Crippen molar-refractivity contribution in [3.8, 4) is 0 Å². The molecule has 0 aromatic heterocycles. The Bertz CT molecular complexity index is 136. The van der Waals surface area contributed by atoms with Crippen molar-refractivity contribution in [1.82, 2.24) is 0 Å². The summed E-state index contributed by atoms with van der Waals surface area (Å²) in [5, 5.41) is 0. The van der Waals surface area contributed by atoms with Gasteiger partial charge in [0.15, 0.2) is 0 Å². The summed E-state index contributed by atoms with van der Waals surface area (Å²) in [4.78, 5) is 11.0. The highest BCUT2D eigenvalue weighted by molar-refractivity contribution is 7.99. The smallest absolute Gasteiger partial charge is 0.326 e. The van der Waals surface area contributed by atoms with E-state index in [1.54, 1.807) is 18.7 Å². The molecule has 66 valence electrons. The zero-order chi connectivity index (χ0) is 8.91. The fourth-order valence-electron chi connectivity index (χ4n) is 0.606. The second kappa shape index (κ2) is 4.62. The minimum atomic E-state index is -0.838. The van der Waals surface area contributed by atoms with E-state index in [0.29, 0.717) is 5.75 Å². The van der Waals surface area contributed by atoms with Crippen molar-refractivity contribution in [2.24, 2.45) is 5.73 Å². The predicted molar refractivity (Wildman–Crippen MR) is 47.6 cm³/mol. The molecule has 0 bridgehead atoms. The third kappa shape index (κ3) is 3.62. The van der Waals surface area contributed by atoms with E-state index in [1.807, 2.05) is 6.92 Å². The van der Waals surface area contributed by atoms with Gasteiger partial charge >= 0.3 is 5.97 Å². The average Bonchev–Trinajstić information content (AvgIpc) is 1.99. The van der Waals surface area contributed by atoms with Crippen LogP contribution in [0.15, 0.2) is 0 Å². The molecule has 0 spiro atoms. The standard InChI is InChI=1S/C7H15NO2S/c1-4-11-5-7(2,8)6(9)10-3/h4-5,8H2,1-3H3. The van der Waals surface area contributed by atoms with E-state index in [1.165, 1.54) is 7.11 Å². The number of ether oxygens (including phenoxy) is 1. The van der Waals surface area contributed by atoms with E-state index in [9.17, 15) is 4.79 Å². The molecule has 3 nitrogen and oxygen atoms in total. The second-order valence-corrected chi connectivity index (χ2v) is 3.82. The predicted octanol–water partition coefficient (Wildman–Crippen LogP) is 0.630. The molecule has 0 rings (SSSR count). The van der Waals surface area contributed by atoms with Gasteiger partial charge in [-0.25, -0.2) is 0 Å². The van der Waals surface area contributed by atoms with Crippen LogP contribution in [0.3, 0.4) is 0 Å². The number of esters is 1. The molecule has 0 aromatic rings. The molecule has 0 saturated heterocycles. The number of carbonyl (C=O) groups is 1. The van der Waals surface area contributed by atoms with Crippen molar-refractivity contribution >= 4 is 17.7 Å². The number of rotatable bonds is 4. The van der Waals surface area contributed by atoms with Crippen LogP contribution in [0.4, 0.5) is 0 Å². The van der Waals surface area contributed by atoms with Crippen molar-refractivity contribution in [3.05, 3.63) is 0 Å². The molecule has 1 atom stereocenters. The molecule has 0 aliphatic heterocycles. The first-order valence-corrected chi connectivity index (χ1v) is 4.65. The maximum Gasteiger partial charge on any atom is 0.326 e. The van der Waals surface area contributed by atoms with Gasteiger partial charge in [0.2, 0.25) is 0 Å². The SMILES string of the molecule is CCSCC(C)(N)C(=O)OC. The fraction of sp³-hybridized carbons (Fsp3) is 0.857. The molecule has 11 heavy (non-hydrogen) atoms. The minimum Gasteiger partial charge on any atom is -0.468 e. The van der Waals surface area contributed by atoms with E-state index < -0.39 is 5.54 Å². The van der Waals surface area contributed by atoms with E-state index >= 15 is 0 Å². The lowest BCUT2D eigenvalue weighted by molar-refractivity contribution is -0.145. The molecule has 0 radical (unpaired) electrons. The molecule has 0 aliphatic carbocycles. The van der Waals surface area contributed by atoms with Crippen LogP contribution in [-0.2, 0) is 9.53 Å². The third-order valence-corrected chi connectivity index (χ3v) is 2.47. The van der Waals surface area contributed by atoms with Crippen LogP contribution in [0.5, 0.6) is 0 Å². The quantitative estimate of drug-likeness (QED) is 0.640. The van der Waals surface area contributed by atoms with Gasteiger partial charge in [0, 0.05) is 5.75 Å². The van der Waals surface area contributed by atoms with Gasteiger partial charge in [-0.15, -0.1) is 0 Å². The Hall–Kier alpha value is -0.220. The van der Waals surface area contributed by atoms with Gasteiger partial charge in [-0.3, -0.25) is 4.79 Å². The summed E-state index contributed by atoms with van der Waals surface area (Å²) in [6, 6.07) is 0. The number of carbonyl (C=O) groups excluding carboxylic acids is 1. The molecule has 0 aromatic carbocycles. The van der Waals surface area contributed by atoms with Gasteiger partial charge in [0.25, 0.3) is 0 Å². The van der Waals surface area contributed by atoms with Gasteiger partial charge in [-0.05, 0) is 12.7 Å². The van der Waals surface area contributed by atoms with E-state index in [2.05, 4.69) is 4.74 Å². The molecule has 2 N–H and O–H groups in total. The topological polar surface area (TPSA) is 52.3 Å².